The molecule has 5 nitrogen and oxygen atoms in total. The minimum atomic E-state index is 0.180. The Balaban J connectivity index is 1.73. The van der Waals surface area contributed by atoms with Gasteiger partial charge >= 0.3 is 0 Å². The summed E-state index contributed by atoms with van der Waals surface area (Å²) < 4.78 is 5.31. The number of piperidine rings is 1. The molecule has 1 aromatic carbocycles. The molecule has 1 unspecified atom stereocenters. The van der Waals surface area contributed by atoms with Crippen LogP contribution in [0.1, 0.15) is 42.6 Å². The van der Waals surface area contributed by atoms with Gasteiger partial charge in [0, 0.05) is 12.0 Å². The molecule has 0 bridgehead atoms. The third kappa shape index (κ3) is 2.76. The van der Waals surface area contributed by atoms with E-state index in [1.807, 2.05) is 12.1 Å². The van der Waals surface area contributed by atoms with E-state index < -0.39 is 0 Å². The summed E-state index contributed by atoms with van der Waals surface area (Å²) in [5.74, 6) is 1.54. The van der Waals surface area contributed by atoms with Crippen molar-refractivity contribution in [2.75, 3.05) is 6.54 Å². The van der Waals surface area contributed by atoms with E-state index in [0.29, 0.717) is 18.1 Å². The van der Waals surface area contributed by atoms with Crippen LogP contribution in [0.25, 0.3) is 0 Å². The van der Waals surface area contributed by atoms with Crippen LogP contribution in [0.5, 0.6) is 5.75 Å². The monoisotopic (exact) mass is 259 g/mol. The fourth-order valence-electron chi connectivity index (χ4n) is 2.37. The van der Waals surface area contributed by atoms with Gasteiger partial charge in [-0.25, -0.2) is 0 Å². The highest BCUT2D eigenvalue weighted by Gasteiger charge is 2.21. The summed E-state index contributed by atoms with van der Waals surface area (Å²) in [7, 11) is 0. The van der Waals surface area contributed by atoms with Crippen LogP contribution in [0.15, 0.2) is 28.8 Å². The van der Waals surface area contributed by atoms with Gasteiger partial charge in [-0.3, -0.25) is 0 Å². The first-order valence-electron chi connectivity index (χ1n) is 6.65. The van der Waals surface area contributed by atoms with Gasteiger partial charge in [0.25, 0.3) is 0 Å². The molecule has 19 heavy (non-hydrogen) atoms. The van der Waals surface area contributed by atoms with E-state index in [9.17, 15) is 5.11 Å². The zero-order valence-corrected chi connectivity index (χ0v) is 10.7. The van der Waals surface area contributed by atoms with Gasteiger partial charge in [0.1, 0.15) is 5.75 Å². The molecule has 0 spiro atoms. The lowest BCUT2D eigenvalue weighted by atomic mass is 10.1. The summed E-state index contributed by atoms with van der Waals surface area (Å²) in [6.07, 6.45) is 3.92. The molecule has 2 heterocycles. The Hall–Kier alpha value is -1.88. The summed E-state index contributed by atoms with van der Waals surface area (Å²) in [5, 5.41) is 17.1. The maximum absolute atomic E-state index is 9.73. The largest absolute Gasteiger partial charge is 0.508 e. The summed E-state index contributed by atoms with van der Waals surface area (Å²) in [6, 6.07) is 7.40. The number of benzene rings is 1. The van der Waals surface area contributed by atoms with Gasteiger partial charge in [-0.05, 0) is 25.5 Å². The van der Waals surface area contributed by atoms with Crippen molar-refractivity contribution in [2.45, 2.75) is 31.7 Å². The Morgan fingerprint density at radius 3 is 3.00 bits per heavy atom. The van der Waals surface area contributed by atoms with Gasteiger partial charge in [-0.1, -0.05) is 29.8 Å². The van der Waals surface area contributed by atoms with Gasteiger partial charge in [0.2, 0.25) is 5.89 Å². The van der Waals surface area contributed by atoms with E-state index in [-0.39, 0.29) is 11.8 Å². The topological polar surface area (TPSA) is 71.2 Å². The van der Waals surface area contributed by atoms with Crippen molar-refractivity contribution < 1.29 is 9.63 Å². The smallest absolute Gasteiger partial charge is 0.243 e. The number of nitrogens with zero attached hydrogens (tertiary/aromatic N) is 2. The number of rotatable bonds is 3. The summed E-state index contributed by atoms with van der Waals surface area (Å²) in [5.41, 5.74) is 0.812. The van der Waals surface area contributed by atoms with Crippen LogP contribution < -0.4 is 5.32 Å². The van der Waals surface area contributed by atoms with E-state index in [0.717, 1.165) is 18.5 Å². The fraction of sp³-hybridized carbons (Fsp3) is 0.429. The van der Waals surface area contributed by atoms with Crippen molar-refractivity contribution >= 4 is 0 Å². The molecule has 0 amide bonds. The highest BCUT2D eigenvalue weighted by Crippen LogP contribution is 2.23. The van der Waals surface area contributed by atoms with Crippen molar-refractivity contribution in [3.8, 4) is 5.75 Å². The average Bonchev–Trinajstić information content (AvgIpc) is 2.91. The summed E-state index contributed by atoms with van der Waals surface area (Å²) >= 11 is 0. The van der Waals surface area contributed by atoms with Crippen LogP contribution in [0, 0.1) is 0 Å². The Labute approximate surface area is 111 Å². The number of para-hydroxylation sites is 1. The fourth-order valence-corrected chi connectivity index (χ4v) is 2.37. The third-order valence-corrected chi connectivity index (χ3v) is 3.43. The number of phenols is 1. The molecular formula is C14H17N3O2. The highest BCUT2D eigenvalue weighted by atomic mass is 16.5. The standard InChI is InChI=1S/C14H17N3O2/c18-12-7-2-1-5-10(12)9-13-16-14(19-17-13)11-6-3-4-8-15-11/h1-2,5,7,11,15,18H,3-4,6,8-9H2. The van der Waals surface area contributed by atoms with Crippen molar-refractivity contribution in [1.29, 1.82) is 0 Å². The van der Waals surface area contributed by atoms with E-state index in [2.05, 4.69) is 15.5 Å². The van der Waals surface area contributed by atoms with Gasteiger partial charge in [0.05, 0.1) is 6.04 Å². The van der Waals surface area contributed by atoms with E-state index in [1.54, 1.807) is 12.1 Å². The molecule has 1 aliphatic rings. The molecule has 1 aliphatic heterocycles. The minimum Gasteiger partial charge on any atom is -0.508 e. The molecule has 1 fully saturated rings. The molecule has 2 aromatic rings. The number of hydrogen-bond acceptors (Lipinski definition) is 5. The maximum Gasteiger partial charge on any atom is 0.243 e. The molecule has 5 heteroatoms. The minimum absolute atomic E-state index is 0.180. The predicted octanol–water partition coefficient (Wildman–Crippen LogP) is 2.18. The van der Waals surface area contributed by atoms with Gasteiger partial charge in [-0.2, -0.15) is 4.98 Å². The summed E-state index contributed by atoms with van der Waals surface area (Å²) in [4.78, 5) is 4.42. The quantitative estimate of drug-likeness (QED) is 0.884. The van der Waals surface area contributed by atoms with Crippen molar-refractivity contribution in [3.63, 3.8) is 0 Å². The predicted molar refractivity (Wildman–Crippen MR) is 69.8 cm³/mol. The lowest BCUT2D eigenvalue weighted by Crippen LogP contribution is -2.27. The second-order valence-electron chi connectivity index (χ2n) is 4.86. The van der Waals surface area contributed by atoms with Crippen LogP contribution >= 0.6 is 0 Å². The van der Waals surface area contributed by atoms with Gasteiger partial charge in [0.15, 0.2) is 5.82 Å². The van der Waals surface area contributed by atoms with Gasteiger partial charge in [-0.15, -0.1) is 0 Å². The highest BCUT2D eigenvalue weighted by molar-refractivity contribution is 5.33. The number of hydrogen-bond donors (Lipinski definition) is 2. The first-order chi connectivity index (χ1) is 9.33. The SMILES string of the molecule is Oc1ccccc1Cc1noc(C2CCCCN2)n1. The Bertz CT molecular complexity index is 547. The van der Waals surface area contributed by atoms with E-state index >= 15 is 0 Å². The summed E-state index contributed by atoms with van der Waals surface area (Å²) in [6.45, 7) is 1.00. The zero-order valence-electron chi connectivity index (χ0n) is 10.7. The van der Waals surface area contributed by atoms with Crippen LogP contribution in [-0.2, 0) is 6.42 Å². The van der Waals surface area contributed by atoms with Gasteiger partial charge < -0.3 is 14.9 Å². The van der Waals surface area contributed by atoms with Crippen molar-refractivity contribution in [2.24, 2.45) is 0 Å². The number of aromatic nitrogens is 2. The molecule has 2 N–H and O–H groups in total. The Morgan fingerprint density at radius 1 is 1.32 bits per heavy atom. The molecule has 100 valence electrons. The second kappa shape index (κ2) is 5.40. The molecule has 1 aromatic heterocycles. The van der Waals surface area contributed by atoms with Crippen LogP contribution in [0.2, 0.25) is 0 Å². The zero-order chi connectivity index (χ0) is 13.1. The van der Waals surface area contributed by atoms with Crippen LogP contribution in [0.4, 0.5) is 0 Å². The molecule has 1 atom stereocenters. The maximum atomic E-state index is 9.73. The molecular weight excluding hydrogens is 242 g/mol. The third-order valence-electron chi connectivity index (χ3n) is 3.43. The first-order valence-corrected chi connectivity index (χ1v) is 6.65. The molecule has 3 rings (SSSR count). The van der Waals surface area contributed by atoms with E-state index in [4.69, 9.17) is 4.52 Å². The number of phenolic OH excluding ortho intramolecular Hbond substituents is 1. The Kier molecular flexibility index (Phi) is 3.46. The lowest BCUT2D eigenvalue weighted by molar-refractivity contribution is 0.296. The van der Waals surface area contributed by atoms with E-state index in [1.165, 1.54) is 12.8 Å². The molecule has 1 saturated heterocycles. The number of nitrogens with one attached hydrogen (secondary N) is 1. The van der Waals surface area contributed by atoms with Crippen molar-refractivity contribution in [1.82, 2.24) is 15.5 Å². The van der Waals surface area contributed by atoms with Crippen molar-refractivity contribution in [3.05, 3.63) is 41.5 Å². The Morgan fingerprint density at radius 2 is 2.21 bits per heavy atom. The first kappa shape index (κ1) is 12.2. The molecule has 0 saturated carbocycles. The lowest BCUT2D eigenvalue weighted by Gasteiger charge is -2.19. The average molecular weight is 259 g/mol. The normalized spacial score (nSPS) is 19.5. The van der Waals surface area contributed by atoms with Crippen LogP contribution in [-0.4, -0.2) is 21.8 Å². The molecule has 0 aliphatic carbocycles. The molecule has 0 radical (unpaired) electrons. The second-order valence-corrected chi connectivity index (χ2v) is 4.86. The van der Waals surface area contributed by atoms with Crippen LogP contribution in [0.3, 0.4) is 0 Å². The number of aromatic hydroxyl groups is 1.